The van der Waals surface area contributed by atoms with E-state index in [0.29, 0.717) is 5.75 Å². The number of carbonyl (C=O) groups excluding carboxylic acids is 2. The molecule has 0 radical (unpaired) electrons. The Morgan fingerprint density at radius 1 is 0.727 bits per heavy atom. The van der Waals surface area contributed by atoms with Crippen molar-refractivity contribution in [1.29, 1.82) is 0 Å². The number of benzene rings is 2. The predicted molar refractivity (Wildman–Crippen MR) is 132 cm³/mol. The van der Waals surface area contributed by atoms with Gasteiger partial charge in [-0.05, 0) is 36.1 Å². The Kier molecular flexibility index (Phi) is 13.4. The zero-order valence-corrected chi connectivity index (χ0v) is 20.0. The molecule has 0 saturated carbocycles. The summed E-state index contributed by atoms with van der Waals surface area (Å²) in [6.45, 7) is 2.21. The Bertz CT molecular complexity index is 789. The summed E-state index contributed by atoms with van der Waals surface area (Å²) in [5.41, 5.74) is 2.25. The van der Waals surface area contributed by atoms with Crippen LogP contribution in [0.15, 0.2) is 54.6 Å². The third kappa shape index (κ3) is 12.7. The zero-order valence-electron chi connectivity index (χ0n) is 20.0. The van der Waals surface area contributed by atoms with E-state index >= 15 is 0 Å². The van der Waals surface area contributed by atoms with E-state index in [1.54, 1.807) is 24.3 Å². The highest BCUT2D eigenvalue weighted by Gasteiger charge is 2.08. The minimum atomic E-state index is -0.686. The first-order chi connectivity index (χ1) is 16.2. The molecule has 0 saturated heterocycles. The number of unbranched alkanes of at least 4 members (excludes halogenated alkanes) is 9. The maximum absolute atomic E-state index is 11.9. The maximum Gasteiger partial charge on any atom is 0.413 e. The van der Waals surface area contributed by atoms with Gasteiger partial charge < -0.3 is 14.8 Å². The van der Waals surface area contributed by atoms with Crippen LogP contribution in [0.4, 0.5) is 4.79 Å². The van der Waals surface area contributed by atoms with Gasteiger partial charge in [0, 0.05) is 0 Å². The molecule has 5 nitrogen and oxygen atoms in total. The molecule has 0 heterocycles. The first kappa shape index (κ1) is 26.4. The van der Waals surface area contributed by atoms with Crippen LogP contribution >= 0.6 is 0 Å². The molecular weight excluding hydrogens is 414 g/mol. The first-order valence-corrected chi connectivity index (χ1v) is 12.4. The molecule has 0 spiro atoms. The SMILES string of the molecule is CCCCCCCCCCCCc1ccc(COC(=O)CNC(=O)Oc2ccccc2)cc1. The standard InChI is InChI=1S/C28H39NO4/c1-2-3-4-5-6-7-8-9-10-12-15-24-18-20-25(21-19-24)23-32-27(30)22-29-28(31)33-26-16-13-11-14-17-26/h11,13-14,16-21H,2-10,12,15,22-23H2,1H3,(H,29,31). The molecule has 1 amide bonds. The first-order valence-electron chi connectivity index (χ1n) is 12.4. The summed E-state index contributed by atoms with van der Waals surface area (Å²) in [5, 5.41) is 2.39. The van der Waals surface area contributed by atoms with Crippen LogP contribution in [0.2, 0.25) is 0 Å². The summed E-state index contributed by atoms with van der Waals surface area (Å²) in [7, 11) is 0. The Balaban J connectivity index is 1.51. The second-order valence-electron chi connectivity index (χ2n) is 8.47. The maximum atomic E-state index is 11.9. The van der Waals surface area contributed by atoms with Gasteiger partial charge in [0.1, 0.15) is 18.9 Å². The molecule has 0 unspecified atom stereocenters. The van der Waals surface area contributed by atoms with Crippen molar-refractivity contribution in [2.45, 2.75) is 84.2 Å². The quantitative estimate of drug-likeness (QED) is 0.220. The largest absolute Gasteiger partial charge is 0.460 e. The summed E-state index contributed by atoms with van der Waals surface area (Å²) in [4.78, 5) is 23.6. The molecule has 33 heavy (non-hydrogen) atoms. The van der Waals surface area contributed by atoms with Crippen LogP contribution < -0.4 is 10.1 Å². The van der Waals surface area contributed by atoms with Crippen LogP contribution in [0.1, 0.15) is 82.3 Å². The monoisotopic (exact) mass is 453 g/mol. The average molecular weight is 454 g/mol. The van der Waals surface area contributed by atoms with Gasteiger partial charge in [0.2, 0.25) is 0 Å². The third-order valence-electron chi connectivity index (χ3n) is 5.57. The van der Waals surface area contributed by atoms with E-state index in [1.165, 1.54) is 69.8 Å². The van der Waals surface area contributed by atoms with Crippen LogP contribution in [0.3, 0.4) is 0 Å². The molecule has 0 bridgehead atoms. The fourth-order valence-electron chi connectivity index (χ4n) is 3.61. The minimum Gasteiger partial charge on any atom is -0.460 e. The second kappa shape index (κ2) is 16.8. The van der Waals surface area contributed by atoms with Gasteiger partial charge in [0.15, 0.2) is 0 Å². The van der Waals surface area contributed by atoms with Crippen molar-refractivity contribution in [2.24, 2.45) is 0 Å². The third-order valence-corrected chi connectivity index (χ3v) is 5.57. The van der Waals surface area contributed by atoms with Crippen LogP contribution in [0.25, 0.3) is 0 Å². The van der Waals surface area contributed by atoms with E-state index in [1.807, 2.05) is 18.2 Å². The van der Waals surface area contributed by atoms with Crippen molar-refractivity contribution in [1.82, 2.24) is 5.32 Å². The Labute approximate surface area is 198 Å². The van der Waals surface area contributed by atoms with Gasteiger partial charge in [0.05, 0.1) is 0 Å². The molecule has 0 aliphatic carbocycles. The summed E-state index contributed by atoms with van der Waals surface area (Å²) in [5.74, 6) is -0.0873. The van der Waals surface area contributed by atoms with Crippen molar-refractivity contribution in [3.63, 3.8) is 0 Å². The summed E-state index contributed by atoms with van der Waals surface area (Å²) in [6, 6.07) is 16.9. The van der Waals surface area contributed by atoms with E-state index in [0.717, 1.165) is 12.0 Å². The van der Waals surface area contributed by atoms with Gasteiger partial charge >= 0.3 is 12.1 Å². The van der Waals surface area contributed by atoms with Crippen molar-refractivity contribution in [3.8, 4) is 5.75 Å². The van der Waals surface area contributed by atoms with Crippen LogP contribution in [-0.2, 0) is 22.6 Å². The molecule has 180 valence electrons. The lowest BCUT2D eigenvalue weighted by Crippen LogP contribution is -2.32. The summed E-state index contributed by atoms with van der Waals surface area (Å²) < 4.78 is 10.3. The highest BCUT2D eigenvalue weighted by atomic mass is 16.6. The number of hydrogen-bond acceptors (Lipinski definition) is 4. The van der Waals surface area contributed by atoms with E-state index in [4.69, 9.17) is 9.47 Å². The number of carbonyl (C=O) groups is 2. The lowest BCUT2D eigenvalue weighted by Gasteiger charge is -2.08. The summed E-state index contributed by atoms with van der Waals surface area (Å²) in [6.07, 6.45) is 13.8. The van der Waals surface area contributed by atoms with Crippen molar-refractivity contribution in [2.75, 3.05) is 6.54 Å². The summed E-state index contributed by atoms with van der Waals surface area (Å²) >= 11 is 0. The number of rotatable bonds is 16. The lowest BCUT2D eigenvalue weighted by atomic mass is 10.0. The fourth-order valence-corrected chi connectivity index (χ4v) is 3.61. The second-order valence-corrected chi connectivity index (χ2v) is 8.47. The Hall–Kier alpha value is -2.82. The van der Waals surface area contributed by atoms with Crippen LogP contribution in [0.5, 0.6) is 5.75 Å². The Morgan fingerprint density at radius 3 is 1.94 bits per heavy atom. The topological polar surface area (TPSA) is 64.6 Å². The molecule has 2 aromatic carbocycles. The van der Waals surface area contributed by atoms with Gasteiger partial charge in [-0.3, -0.25) is 4.79 Å². The van der Waals surface area contributed by atoms with E-state index in [9.17, 15) is 9.59 Å². The van der Waals surface area contributed by atoms with Crippen molar-refractivity contribution >= 4 is 12.1 Å². The van der Waals surface area contributed by atoms with Gasteiger partial charge in [-0.1, -0.05) is 107 Å². The highest BCUT2D eigenvalue weighted by molar-refractivity contribution is 5.78. The highest BCUT2D eigenvalue weighted by Crippen LogP contribution is 2.13. The molecule has 2 aromatic rings. The average Bonchev–Trinajstić information content (AvgIpc) is 2.84. The van der Waals surface area contributed by atoms with Crippen molar-refractivity contribution < 1.29 is 19.1 Å². The molecule has 0 aliphatic heterocycles. The lowest BCUT2D eigenvalue weighted by molar-refractivity contribution is -0.143. The molecule has 1 N–H and O–H groups in total. The van der Waals surface area contributed by atoms with Crippen LogP contribution in [0, 0.1) is 0 Å². The van der Waals surface area contributed by atoms with Gasteiger partial charge in [-0.25, -0.2) is 4.79 Å². The number of nitrogens with one attached hydrogen (secondary N) is 1. The molecule has 5 heteroatoms. The molecule has 0 atom stereocenters. The number of ether oxygens (including phenoxy) is 2. The van der Waals surface area contributed by atoms with E-state index < -0.39 is 12.1 Å². The van der Waals surface area contributed by atoms with Crippen molar-refractivity contribution in [3.05, 3.63) is 65.7 Å². The van der Waals surface area contributed by atoms with Gasteiger partial charge in [-0.15, -0.1) is 0 Å². The molecule has 0 aromatic heterocycles. The van der Waals surface area contributed by atoms with Gasteiger partial charge in [0.25, 0.3) is 0 Å². The smallest absolute Gasteiger partial charge is 0.413 e. The number of hydrogen-bond donors (Lipinski definition) is 1. The minimum absolute atomic E-state index is 0.187. The molecule has 0 fully saturated rings. The Morgan fingerprint density at radius 2 is 1.30 bits per heavy atom. The van der Waals surface area contributed by atoms with Crippen LogP contribution in [-0.4, -0.2) is 18.6 Å². The van der Waals surface area contributed by atoms with Gasteiger partial charge in [-0.2, -0.15) is 0 Å². The molecular formula is C28H39NO4. The number of esters is 1. The van der Waals surface area contributed by atoms with E-state index in [-0.39, 0.29) is 13.2 Å². The molecule has 0 aliphatic rings. The van der Waals surface area contributed by atoms with E-state index in [2.05, 4.69) is 24.4 Å². The normalized spacial score (nSPS) is 10.6. The number of aryl methyl sites for hydroxylation is 1. The zero-order chi connectivity index (χ0) is 23.6. The fraction of sp³-hybridized carbons (Fsp3) is 0.500. The molecule has 2 rings (SSSR count). The predicted octanol–water partition coefficient (Wildman–Crippen LogP) is 6.98. The number of para-hydroxylation sites is 1. The number of amides is 1.